The number of oxime groups is 6. The zero-order valence-electron chi connectivity index (χ0n) is 15.5. The first kappa shape index (κ1) is 39.8. The topological polar surface area (TPSA) is 227 Å². The van der Waals surface area contributed by atoms with Crippen molar-refractivity contribution in [1.82, 2.24) is 0 Å². The maximum absolute atomic E-state index is 8.03. The number of hydrogen-bond donors (Lipinski definition) is 6. The minimum Gasteiger partial charge on any atom is -0.412 e. The van der Waals surface area contributed by atoms with Crippen molar-refractivity contribution in [3.05, 3.63) is 0 Å². The first-order valence-electron chi connectivity index (χ1n) is 6.29. The summed E-state index contributed by atoms with van der Waals surface area (Å²) in [6, 6.07) is 0. The van der Waals surface area contributed by atoms with Gasteiger partial charge in [-0.05, 0) is 41.5 Å². The van der Waals surface area contributed by atoms with Crippen molar-refractivity contribution in [2.24, 2.45) is 30.9 Å². The van der Waals surface area contributed by atoms with E-state index < -0.39 is 0 Å². The molecule has 0 aliphatic rings. The van der Waals surface area contributed by atoms with Crippen molar-refractivity contribution in [2.75, 3.05) is 0 Å². The Labute approximate surface area is 177 Å². The van der Waals surface area contributed by atoms with Crippen molar-refractivity contribution in [3.63, 3.8) is 0 Å². The molecule has 15 heteroatoms. The second-order valence-electron chi connectivity index (χ2n) is 4.11. The molecule has 167 valence electrons. The molecule has 0 atom stereocenters. The third-order valence-corrected chi connectivity index (χ3v) is 2.47. The fourth-order valence-electron chi connectivity index (χ4n) is 0.434. The van der Waals surface area contributed by atoms with Crippen LogP contribution in [0.4, 0.5) is 0 Å². The van der Waals surface area contributed by atoms with E-state index >= 15 is 0 Å². The first-order chi connectivity index (χ1) is 11.2. The zero-order chi connectivity index (χ0) is 19.7. The molecule has 0 spiro atoms. The van der Waals surface area contributed by atoms with E-state index in [1.165, 1.54) is 41.5 Å². The van der Waals surface area contributed by atoms with Gasteiger partial charge >= 0.3 is 17.1 Å². The summed E-state index contributed by atoms with van der Waals surface area (Å²) in [6.45, 7) is 9.22. The Morgan fingerprint density at radius 2 is 0.481 bits per heavy atom. The molecule has 0 heterocycles. The summed E-state index contributed by atoms with van der Waals surface area (Å²) in [5.74, 6) is 0. The fraction of sp³-hybridized carbons (Fsp3) is 0.500. The van der Waals surface area contributed by atoms with Crippen LogP contribution in [-0.2, 0) is 34.1 Å². The van der Waals surface area contributed by atoms with E-state index in [-0.39, 0.29) is 39.6 Å². The molecular weight excluding hydrogens is 467 g/mol. The van der Waals surface area contributed by atoms with Crippen LogP contribution in [0.5, 0.6) is 0 Å². The summed E-state index contributed by atoms with van der Waals surface area (Å²) in [7, 11) is 0. The summed E-state index contributed by atoms with van der Waals surface area (Å²) in [4.78, 5) is 0. The van der Waals surface area contributed by atoms with Crippen LogP contribution >= 0.6 is 0 Å². The molecular formula is C12H26Cu2N6O7+. The molecule has 0 aromatic heterocycles. The van der Waals surface area contributed by atoms with Gasteiger partial charge in [0, 0.05) is 17.1 Å². The average Bonchev–Trinajstić information content (AvgIpc) is 2.64. The fourth-order valence-corrected chi connectivity index (χ4v) is 0.434. The second kappa shape index (κ2) is 26.1. The van der Waals surface area contributed by atoms with E-state index in [1.54, 1.807) is 0 Å². The van der Waals surface area contributed by atoms with Gasteiger partial charge in [-0.25, -0.2) is 0 Å². The molecule has 0 aromatic carbocycles. The minimum absolute atomic E-state index is 0. The standard InChI is InChI=1S/3C4H8N2O2.2Cu.H2O/c3*1-3(5-7)4(2)6-8;;;/h3*7-8H,1-2H3;;;1H2/q;;;;+1;/b2*5-3+,6-4+;5-3-,6-4+;;;. The molecule has 13 nitrogen and oxygen atoms in total. The summed E-state index contributed by atoms with van der Waals surface area (Å²) in [6.07, 6.45) is 0. The van der Waals surface area contributed by atoms with Crippen LogP contribution in [0.2, 0.25) is 0 Å². The van der Waals surface area contributed by atoms with Gasteiger partial charge < -0.3 is 36.7 Å². The van der Waals surface area contributed by atoms with Crippen LogP contribution in [0.1, 0.15) is 41.5 Å². The molecule has 0 unspecified atom stereocenters. The van der Waals surface area contributed by atoms with E-state index in [1.807, 2.05) is 0 Å². The predicted molar refractivity (Wildman–Crippen MR) is 93.0 cm³/mol. The van der Waals surface area contributed by atoms with E-state index in [0.717, 1.165) is 0 Å². The van der Waals surface area contributed by atoms with Gasteiger partial charge in [-0.1, -0.05) is 30.9 Å². The van der Waals surface area contributed by atoms with E-state index in [0.29, 0.717) is 34.3 Å². The van der Waals surface area contributed by atoms with Crippen LogP contribution in [-0.4, -0.2) is 71.0 Å². The third kappa shape index (κ3) is 23.8. The van der Waals surface area contributed by atoms with Crippen LogP contribution in [0, 0.1) is 0 Å². The number of nitrogens with zero attached hydrogens (tertiary/aromatic N) is 6. The Morgan fingerprint density at radius 1 is 0.407 bits per heavy atom. The smallest absolute Gasteiger partial charge is 0.412 e. The van der Waals surface area contributed by atoms with Crippen molar-refractivity contribution < 1.29 is 70.9 Å². The van der Waals surface area contributed by atoms with Crippen molar-refractivity contribution in [3.8, 4) is 0 Å². The summed E-state index contributed by atoms with van der Waals surface area (Å²) >= 11 is 0. The van der Waals surface area contributed by atoms with Crippen molar-refractivity contribution >= 4 is 34.3 Å². The molecule has 0 bridgehead atoms. The van der Waals surface area contributed by atoms with E-state index in [9.17, 15) is 0 Å². The Kier molecular flexibility index (Phi) is 38.4. The quantitative estimate of drug-likeness (QED) is 0.146. The molecule has 0 fully saturated rings. The molecule has 0 aliphatic carbocycles. The van der Waals surface area contributed by atoms with Gasteiger partial charge in [-0.2, -0.15) is 0 Å². The van der Waals surface area contributed by atoms with Gasteiger partial charge in [0.25, 0.3) is 0 Å². The molecule has 0 saturated heterocycles. The molecule has 0 aliphatic heterocycles. The maximum Gasteiger partial charge on any atom is 1.00 e. The number of hydrogen-bond acceptors (Lipinski definition) is 12. The third-order valence-electron chi connectivity index (χ3n) is 2.47. The Hall–Kier alpha value is -2.18. The van der Waals surface area contributed by atoms with Gasteiger partial charge in [0.2, 0.25) is 0 Å². The van der Waals surface area contributed by atoms with E-state index in [4.69, 9.17) is 31.2 Å². The Morgan fingerprint density at radius 3 is 0.519 bits per heavy atom. The zero-order valence-corrected chi connectivity index (χ0v) is 17.4. The van der Waals surface area contributed by atoms with Crippen LogP contribution in [0.15, 0.2) is 30.9 Å². The molecule has 0 rings (SSSR count). The average molecular weight is 493 g/mol. The molecule has 0 amide bonds. The minimum atomic E-state index is 0. The normalized spacial score (nSPS) is 12.7. The summed E-state index contributed by atoms with van der Waals surface area (Å²) < 4.78 is 0. The van der Waals surface area contributed by atoms with Crippen LogP contribution < -0.4 is 0 Å². The molecule has 0 aromatic rings. The van der Waals surface area contributed by atoms with E-state index in [2.05, 4.69) is 30.9 Å². The SMILES string of the molecule is CC(=N/O)/C(C)=N/O.CC(=N\O)/C(C)=N/O.CC(=N\O)/C(C)=N/O.O.[Cu+].[Cu]. The van der Waals surface area contributed by atoms with Gasteiger partial charge in [-0.3, -0.25) is 0 Å². The molecule has 1 radical (unpaired) electrons. The predicted octanol–water partition coefficient (Wildman–Crippen LogP) is 1.23. The molecule has 8 N–H and O–H groups in total. The van der Waals surface area contributed by atoms with Gasteiger partial charge in [0.1, 0.15) is 34.3 Å². The molecule has 0 saturated carbocycles. The monoisotopic (exact) mass is 492 g/mol. The molecule has 27 heavy (non-hydrogen) atoms. The van der Waals surface area contributed by atoms with Crippen LogP contribution in [0.3, 0.4) is 0 Å². The van der Waals surface area contributed by atoms with Gasteiger partial charge in [0.15, 0.2) is 0 Å². The summed E-state index contributed by atoms with van der Waals surface area (Å²) in [5, 5.41) is 64.9. The maximum atomic E-state index is 8.03. The summed E-state index contributed by atoms with van der Waals surface area (Å²) in [5.41, 5.74) is 1.88. The second-order valence-corrected chi connectivity index (χ2v) is 4.11. The van der Waals surface area contributed by atoms with Crippen LogP contribution in [0.25, 0.3) is 0 Å². The Bertz CT molecular complexity index is 424. The van der Waals surface area contributed by atoms with Crippen molar-refractivity contribution in [2.45, 2.75) is 41.5 Å². The van der Waals surface area contributed by atoms with Crippen molar-refractivity contribution in [1.29, 1.82) is 0 Å². The Balaban J connectivity index is -0.0000000580. The first-order valence-corrected chi connectivity index (χ1v) is 6.29. The van der Waals surface area contributed by atoms with Gasteiger partial charge in [-0.15, -0.1) is 0 Å². The largest absolute Gasteiger partial charge is 1.00 e. The number of rotatable bonds is 3. The van der Waals surface area contributed by atoms with Gasteiger partial charge in [0.05, 0.1) is 0 Å².